The Bertz CT molecular complexity index is 284. The molecule has 1 aromatic rings. The van der Waals surface area contributed by atoms with Crippen molar-refractivity contribution >= 4 is 0 Å². The lowest BCUT2D eigenvalue weighted by Gasteiger charge is -2.15. The van der Waals surface area contributed by atoms with Crippen LogP contribution >= 0.6 is 0 Å². The van der Waals surface area contributed by atoms with Gasteiger partial charge in [-0.25, -0.2) is 0 Å². The van der Waals surface area contributed by atoms with Crippen LogP contribution in [0.3, 0.4) is 0 Å². The number of ether oxygens (including phenoxy) is 1. The number of rotatable bonds is 7. The van der Waals surface area contributed by atoms with Crippen molar-refractivity contribution in [3.63, 3.8) is 0 Å². The van der Waals surface area contributed by atoms with Gasteiger partial charge in [-0.3, -0.25) is 11.3 Å². The van der Waals surface area contributed by atoms with Crippen molar-refractivity contribution in [2.45, 2.75) is 32.7 Å². The summed E-state index contributed by atoms with van der Waals surface area (Å²) in [5.74, 6) is 5.49. The average molecular weight is 222 g/mol. The van der Waals surface area contributed by atoms with E-state index in [9.17, 15) is 0 Å². The molecule has 1 atom stereocenters. The van der Waals surface area contributed by atoms with Crippen LogP contribution in [0.5, 0.6) is 0 Å². The zero-order valence-electron chi connectivity index (χ0n) is 10.2. The van der Waals surface area contributed by atoms with Gasteiger partial charge in [-0.1, -0.05) is 31.2 Å². The van der Waals surface area contributed by atoms with Crippen LogP contribution in [0, 0.1) is 0 Å². The molecule has 16 heavy (non-hydrogen) atoms. The van der Waals surface area contributed by atoms with E-state index in [0.717, 1.165) is 19.4 Å². The molecule has 0 saturated carbocycles. The molecule has 3 N–H and O–H groups in total. The van der Waals surface area contributed by atoms with Crippen LogP contribution in [-0.2, 0) is 17.6 Å². The van der Waals surface area contributed by atoms with E-state index >= 15 is 0 Å². The normalized spacial score (nSPS) is 12.7. The molecule has 0 aliphatic carbocycles. The van der Waals surface area contributed by atoms with Gasteiger partial charge in [0.25, 0.3) is 0 Å². The first-order valence-corrected chi connectivity index (χ1v) is 5.91. The molecule has 0 aliphatic heterocycles. The second-order valence-corrected chi connectivity index (χ2v) is 3.90. The van der Waals surface area contributed by atoms with E-state index < -0.39 is 0 Å². The number of benzene rings is 1. The van der Waals surface area contributed by atoms with Gasteiger partial charge < -0.3 is 4.74 Å². The second-order valence-electron chi connectivity index (χ2n) is 3.90. The van der Waals surface area contributed by atoms with E-state index in [-0.39, 0.29) is 6.04 Å². The molecule has 1 rings (SSSR count). The van der Waals surface area contributed by atoms with E-state index in [4.69, 9.17) is 10.6 Å². The Morgan fingerprint density at radius 1 is 1.19 bits per heavy atom. The predicted molar refractivity (Wildman–Crippen MR) is 67.1 cm³/mol. The van der Waals surface area contributed by atoms with Crippen LogP contribution in [-0.4, -0.2) is 19.3 Å². The first-order chi connectivity index (χ1) is 7.80. The summed E-state index contributed by atoms with van der Waals surface area (Å²) in [4.78, 5) is 0. The Morgan fingerprint density at radius 2 is 1.81 bits per heavy atom. The molecule has 0 amide bonds. The fourth-order valence-corrected chi connectivity index (χ4v) is 1.62. The topological polar surface area (TPSA) is 47.3 Å². The van der Waals surface area contributed by atoms with E-state index in [2.05, 4.69) is 36.6 Å². The number of nitrogens with one attached hydrogen (secondary N) is 1. The third kappa shape index (κ3) is 4.31. The summed E-state index contributed by atoms with van der Waals surface area (Å²) in [6, 6.07) is 8.85. The van der Waals surface area contributed by atoms with Crippen molar-refractivity contribution < 1.29 is 4.74 Å². The summed E-state index contributed by atoms with van der Waals surface area (Å²) in [5.41, 5.74) is 5.45. The fraction of sp³-hybridized carbons (Fsp3) is 0.538. The largest absolute Gasteiger partial charge is 0.380 e. The third-order valence-electron chi connectivity index (χ3n) is 2.67. The number of nitrogens with two attached hydrogens (primary N) is 1. The maximum atomic E-state index is 5.49. The number of hydrogen-bond donors (Lipinski definition) is 2. The zero-order valence-corrected chi connectivity index (χ0v) is 10.2. The minimum Gasteiger partial charge on any atom is -0.380 e. The minimum atomic E-state index is 0.187. The van der Waals surface area contributed by atoms with Gasteiger partial charge in [0.2, 0.25) is 0 Å². The zero-order chi connectivity index (χ0) is 11.8. The van der Waals surface area contributed by atoms with Crippen molar-refractivity contribution in [3.8, 4) is 0 Å². The lowest BCUT2D eigenvalue weighted by molar-refractivity contribution is 0.123. The maximum absolute atomic E-state index is 5.49. The molecule has 0 aliphatic rings. The Morgan fingerprint density at radius 3 is 2.31 bits per heavy atom. The van der Waals surface area contributed by atoms with E-state index in [1.54, 1.807) is 0 Å². The Labute approximate surface area is 98.0 Å². The molecule has 0 radical (unpaired) electrons. The lowest BCUT2D eigenvalue weighted by Crippen LogP contribution is -2.40. The number of aryl methyl sites for hydroxylation is 1. The van der Waals surface area contributed by atoms with Gasteiger partial charge in [-0.15, -0.1) is 0 Å². The van der Waals surface area contributed by atoms with Crippen LogP contribution < -0.4 is 11.3 Å². The first kappa shape index (κ1) is 13.2. The van der Waals surface area contributed by atoms with Crippen molar-refractivity contribution in [2.75, 3.05) is 13.2 Å². The molecule has 1 unspecified atom stereocenters. The molecular weight excluding hydrogens is 200 g/mol. The van der Waals surface area contributed by atoms with Gasteiger partial charge in [0.1, 0.15) is 0 Å². The summed E-state index contributed by atoms with van der Waals surface area (Å²) in [6.45, 7) is 5.54. The molecule has 0 saturated heterocycles. The Hall–Kier alpha value is -0.900. The standard InChI is InChI=1S/C13H22N2O/c1-3-11-5-7-12(8-6-11)9-13(15-14)10-16-4-2/h5-8,13,15H,3-4,9-10,14H2,1-2H3. The van der Waals surface area contributed by atoms with Crippen LogP contribution in [0.1, 0.15) is 25.0 Å². The van der Waals surface area contributed by atoms with Gasteiger partial charge in [0.15, 0.2) is 0 Å². The summed E-state index contributed by atoms with van der Waals surface area (Å²) in [7, 11) is 0. The molecule has 1 aromatic carbocycles. The van der Waals surface area contributed by atoms with Crippen LogP contribution in [0.15, 0.2) is 24.3 Å². The highest BCUT2D eigenvalue weighted by Crippen LogP contribution is 2.07. The van der Waals surface area contributed by atoms with Gasteiger partial charge >= 0.3 is 0 Å². The first-order valence-electron chi connectivity index (χ1n) is 5.91. The average Bonchev–Trinajstić information content (AvgIpc) is 2.35. The summed E-state index contributed by atoms with van der Waals surface area (Å²) < 4.78 is 5.36. The van der Waals surface area contributed by atoms with Gasteiger partial charge in [0, 0.05) is 12.6 Å². The van der Waals surface area contributed by atoms with Crippen LogP contribution in [0.25, 0.3) is 0 Å². The highest BCUT2D eigenvalue weighted by Gasteiger charge is 2.07. The van der Waals surface area contributed by atoms with Crippen molar-refractivity contribution in [1.82, 2.24) is 5.43 Å². The maximum Gasteiger partial charge on any atom is 0.0636 e. The summed E-state index contributed by atoms with van der Waals surface area (Å²) >= 11 is 0. The van der Waals surface area contributed by atoms with E-state index in [1.807, 2.05) is 6.92 Å². The molecule has 3 heteroatoms. The second kappa shape index (κ2) is 7.39. The monoisotopic (exact) mass is 222 g/mol. The fourth-order valence-electron chi connectivity index (χ4n) is 1.62. The quantitative estimate of drug-likeness (QED) is 0.545. The van der Waals surface area contributed by atoms with Crippen LogP contribution in [0.2, 0.25) is 0 Å². The van der Waals surface area contributed by atoms with Crippen LogP contribution in [0.4, 0.5) is 0 Å². The SMILES string of the molecule is CCOCC(Cc1ccc(CC)cc1)NN. The summed E-state index contributed by atoms with van der Waals surface area (Å²) in [6.07, 6.45) is 1.98. The Balaban J connectivity index is 2.49. The number of hydrazine groups is 1. The highest BCUT2D eigenvalue weighted by molar-refractivity contribution is 5.23. The smallest absolute Gasteiger partial charge is 0.0636 e. The van der Waals surface area contributed by atoms with Crippen molar-refractivity contribution in [1.29, 1.82) is 0 Å². The highest BCUT2D eigenvalue weighted by atomic mass is 16.5. The molecule has 0 fully saturated rings. The Kier molecular flexibility index (Phi) is 6.08. The van der Waals surface area contributed by atoms with Gasteiger partial charge in [-0.2, -0.15) is 0 Å². The van der Waals surface area contributed by atoms with E-state index in [0.29, 0.717) is 6.61 Å². The van der Waals surface area contributed by atoms with Crippen molar-refractivity contribution in [3.05, 3.63) is 35.4 Å². The molecule has 0 aromatic heterocycles. The van der Waals surface area contributed by atoms with Crippen molar-refractivity contribution in [2.24, 2.45) is 5.84 Å². The molecule has 3 nitrogen and oxygen atoms in total. The lowest BCUT2D eigenvalue weighted by atomic mass is 10.0. The third-order valence-corrected chi connectivity index (χ3v) is 2.67. The molecule has 0 bridgehead atoms. The predicted octanol–water partition coefficient (Wildman–Crippen LogP) is 1.66. The number of hydrogen-bond acceptors (Lipinski definition) is 3. The molecule has 0 spiro atoms. The molecule has 0 heterocycles. The molecular formula is C13H22N2O. The summed E-state index contributed by atoms with van der Waals surface area (Å²) in [5, 5.41) is 0. The molecule has 90 valence electrons. The van der Waals surface area contributed by atoms with Gasteiger partial charge in [-0.05, 0) is 30.9 Å². The van der Waals surface area contributed by atoms with Gasteiger partial charge in [0.05, 0.1) is 6.61 Å². The van der Waals surface area contributed by atoms with E-state index in [1.165, 1.54) is 11.1 Å². The minimum absolute atomic E-state index is 0.187.